The maximum atomic E-state index is 11.2. The molecule has 0 spiro atoms. The summed E-state index contributed by atoms with van der Waals surface area (Å²) in [4.78, 5) is 11.2. The van der Waals surface area contributed by atoms with Crippen molar-refractivity contribution in [2.45, 2.75) is 25.5 Å². The van der Waals surface area contributed by atoms with Gasteiger partial charge in [-0.3, -0.25) is 4.79 Å². The van der Waals surface area contributed by atoms with Crippen molar-refractivity contribution in [1.29, 1.82) is 0 Å². The molecule has 1 aliphatic heterocycles. The summed E-state index contributed by atoms with van der Waals surface area (Å²) in [6, 6.07) is 10.1. The second kappa shape index (κ2) is 6.51. The molecule has 2 nitrogen and oxygen atoms in total. The highest BCUT2D eigenvalue weighted by atomic mass is 32.2. The summed E-state index contributed by atoms with van der Waals surface area (Å²) in [7, 11) is 0. The molecule has 2 rings (SSSR count). The Labute approximate surface area is 95.5 Å². The van der Waals surface area contributed by atoms with Crippen molar-refractivity contribution in [1.82, 2.24) is 5.32 Å². The number of amides is 1. The van der Waals surface area contributed by atoms with E-state index >= 15 is 0 Å². The Bertz CT molecular complexity index is 300. The van der Waals surface area contributed by atoms with Gasteiger partial charge in [-0.15, -0.1) is 11.8 Å². The lowest BCUT2D eigenvalue weighted by molar-refractivity contribution is -0.119. The first kappa shape index (κ1) is 12.1. The summed E-state index contributed by atoms with van der Waals surface area (Å²) in [5.41, 5.74) is 1.23. The van der Waals surface area contributed by atoms with E-state index in [-0.39, 0.29) is 11.2 Å². The highest BCUT2D eigenvalue weighted by Crippen LogP contribution is 2.20. The second-order valence-electron chi connectivity index (χ2n) is 3.03. The Morgan fingerprint density at radius 2 is 2.00 bits per heavy atom. The van der Waals surface area contributed by atoms with Gasteiger partial charge in [-0.2, -0.15) is 0 Å². The standard InChI is InChI=1S/C10H11NOS.C2H6/c12-10-9(13-7-11-10)6-8-4-2-1-3-5-8;1-2/h1-5,9H,6-7H2,(H,11,12);1-2H3. The summed E-state index contributed by atoms with van der Waals surface area (Å²) in [6.45, 7) is 4.00. The van der Waals surface area contributed by atoms with Gasteiger partial charge in [-0.05, 0) is 12.0 Å². The average molecular weight is 223 g/mol. The molecule has 0 aromatic heterocycles. The summed E-state index contributed by atoms with van der Waals surface area (Å²) < 4.78 is 0. The number of nitrogens with one attached hydrogen (secondary N) is 1. The van der Waals surface area contributed by atoms with Crippen LogP contribution in [-0.2, 0) is 11.2 Å². The first-order valence-electron chi connectivity index (χ1n) is 5.29. The van der Waals surface area contributed by atoms with Crippen LogP contribution in [0, 0.1) is 0 Å². The summed E-state index contributed by atoms with van der Waals surface area (Å²) >= 11 is 1.68. The van der Waals surface area contributed by atoms with Crippen molar-refractivity contribution in [3.8, 4) is 0 Å². The lowest BCUT2D eigenvalue weighted by Crippen LogP contribution is -2.23. The fourth-order valence-corrected chi connectivity index (χ4v) is 2.35. The van der Waals surface area contributed by atoms with E-state index in [0.717, 1.165) is 12.3 Å². The monoisotopic (exact) mass is 223 g/mol. The Hall–Kier alpha value is -0.960. The predicted molar refractivity (Wildman–Crippen MR) is 65.9 cm³/mol. The number of rotatable bonds is 2. The number of carbonyl (C=O) groups is 1. The molecule has 0 bridgehead atoms. The molecule has 1 heterocycles. The SMILES string of the molecule is CC.O=C1NCSC1Cc1ccccc1. The lowest BCUT2D eigenvalue weighted by Gasteiger charge is -2.04. The molecule has 3 heteroatoms. The Balaban J connectivity index is 0.000000531. The number of benzene rings is 1. The van der Waals surface area contributed by atoms with Gasteiger partial charge in [0.05, 0.1) is 11.1 Å². The van der Waals surface area contributed by atoms with E-state index in [9.17, 15) is 4.79 Å². The van der Waals surface area contributed by atoms with Gasteiger partial charge in [0.2, 0.25) is 5.91 Å². The largest absolute Gasteiger partial charge is 0.346 e. The third-order valence-corrected chi connectivity index (χ3v) is 3.18. The molecule has 1 atom stereocenters. The zero-order valence-electron chi connectivity index (χ0n) is 9.19. The molecule has 1 saturated heterocycles. The van der Waals surface area contributed by atoms with Crippen LogP contribution in [0.4, 0.5) is 0 Å². The molecule has 1 fully saturated rings. The topological polar surface area (TPSA) is 29.1 Å². The molecule has 0 saturated carbocycles. The van der Waals surface area contributed by atoms with Crippen LogP contribution in [0.2, 0.25) is 0 Å². The molecule has 1 N–H and O–H groups in total. The van der Waals surface area contributed by atoms with Crippen LogP contribution in [0.1, 0.15) is 19.4 Å². The summed E-state index contributed by atoms with van der Waals surface area (Å²) in [5.74, 6) is 0.935. The van der Waals surface area contributed by atoms with E-state index in [0.29, 0.717) is 0 Å². The number of carbonyl (C=O) groups excluding carboxylic acids is 1. The highest BCUT2D eigenvalue weighted by molar-refractivity contribution is 8.01. The third kappa shape index (κ3) is 3.59. The van der Waals surface area contributed by atoms with Crippen molar-refractivity contribution in [2.75, 3.05) is 5.88 Å². The molecule has 1 amide bonds. The van der Waals surface area contributed by atoms with Crippen LogP contribution < -0.4 is 5.32 Å². The van der Waals surface area contributed by atoms with Crippen LogP contribution in [0.25, 0.3) is 0 Å². The van der Waals surface area contributed by atoms with Gasteiger partial charge in [0.15, 0.2) is 0 Å². The molecule has 1 aromatic rings. The quantitative estimate of drug-likeness (QED) is 0.834. The van der Waals surface area contributed by atoms with Gasteiger partial charge in [-0.1, -0.05) is 44.2 Å². The summed E-state index contributed by atoms with van der Waals surface area (Å²) in [5, 5.41) is 2.93. The average Bonchev–Trinajstić information content (AvgIpc) is 2.69. The number of thioether (sulfide) groups is 1. The Morgan fingerprint density at radius 3 is 2.53 bits per heavy atom. The first-order valence-corrected chi connectivity index (χ1v) is 6.34. The van der Waals surface area contributed by atoms with E-state index in [4.69, 9.17) is 0 Å². The normalized spacial score (nSPS) is 19.1. The van der Waals surface area contributed by atoms with Gasteiger partial charge in [0, 0.05) is 0 Å². The van der Waals surface area contributed by atoms with Gasteiger partial charge >= 0.3 is 0 Å². The van der Waals surface area contributed by atoms with Gasteiger partial charge < -0.3 is 5.32 Å². The number of hydrogen-bond donors (Lipinski definition) is 1. The van der Waals surface area contributed by atoms with Crippen LogP contribution in [0.15, 0.2) is 30.3 Å². The van der Waals surface area contributed by atoms with E-state index < -0.39 is 0 Å². The predicted octanol–water partition coefficient (Wildman–Crippen LogP) is 2.44. The van der Waals surface area contributed by atoms with Crippen molar-refractivity contribution < 1.29 is 4.79 Å². The minimum atomic E-state index is 0.113. The van der Waals surface area contributed by atoms with Crippen molar-refractivity contribution in [2.24, 2.45) is 0 Å². The van der Waals surface area contributed by atoms with Crippen molar-refractivity contribution in [3.63, 3.8) is 0 Å². The molecule has 82 valence electrons. The Kier molecular flexibility index (Phi) is 5.26. The molecule has 0 aliphatic carbocycles. The van der Waals surface area contributed by atoms with E-state index in [2.05, 4.69) is 17.4 Å². The third-order valence-electron chi connectivity index (χ3n) is 2.09. The van der Waals surface area contributed by atoms with Gasteiger partial charge in [0.25, 0.3) is 0 Å². The van der Waals surface area contributed by atoms with E-state index in [1.54, 1.807) is 11.8 Å². The van der Waals surface area contributed by atoms with Crippen LogP contribution in [0.5, 0.6) is 0 Å². The van der Waals surface area contributed by atoms with Gasteiger partial charge in [0.1, 0.15) is 0 Å². The smallest absolute Gasteiger partial charge is 0.234 e. The van der Waals surface area contributed by atoms with Crippen LogP contribution in [0.3, 0.4) is 0 Å². The zero-order chi connectivity index (χ0) is 11.1. The highest BCUT2D eigenvalue weighted by Gasteiger charge is 2.24. The second-order valence-corrected chi connectivity index (χ2v) is 4.22. The maximum Gasteiger partial charge on any atom is 0.234 e. The van der Waals surface area contributed by atoms with Crippen molar-refractivity contribution >= 4 is 17.7 Å². The molecular formula is C12H17NOS. The number of hydrogen-bond acceptors (Lipinski definition) is 2. The summed E-state index contributed by atoms with van der Waals surface area (Å²) in [6.07, 6.45) is 0.845. The molecule has 15 heavy (non-hydrogen) atoms. The Morgan fingerprint density at radius 1 is 1.33 bits per heavy atom. The molecule has 1 aliphatic rings. The zero-order valence-corrected chi connectivity index (χ0v) is 10.0. The lowest BCUT2D eigenvalue weighted by atomic mass is 10.1. The molecular weight excluding hydrogens is 206 g/mol. The van der Waals surface area contributed by atoms with E-state index in [1.807, 2.05) is 32.0 Å². The van der Waals surface area contributed by atoms with Crippen molar-refractivity contribution in [3.05, 3.63) is 35.9 Å². The van der Waals surface area contributed by atoms with E-state index in [1.165, 1.54) is 5.56 Å². The van der Waals surface area contributed by atoms with Crippen LogP contribution >= 0.6 is 11.8 Å². The van der Waals surface area contributed by atoms with Gasteiger partial charge in [-0.25, -0.2) is 0 Å². The molecule has 1 aromatic carbocycles. The minimum absolute atomic E-state index is 0.113. The molecule has 1 unspecified atom stereocenters. The van der Waals surface area contributed by atoms with Crippen LogP contribution in [-0.4, -0.2) is 17.0 Å². The fourth-order valence-electron chi connectivity index (χ4n) is 1.38. The minimum Gasteiger partial charge on any atom is -0.346 e. The first-order chi connectivity index (χ1) is 7.36. The fraction of sp³-hybridized carbons (Fsp3) is 0.417. The molecule has 0 radical (unpaired) electrons. The maximum absolute atomic E-state index is 11.2.